The monoisotopic (exact) mass is 381 g/mol. The van der Waals surface area contributed by atoms with E-state index in [9.17, 15) is 14.4 Å². The maximum absolute atomic E-state index is 11.7. The SMILES string of the molecule is Cc1ccccc1OCC(=O)NNC(=O)CCNC(=O)/C=C/c1ccccc1. The lowest BCUT2D eigenvalue weighted by molar-refractivity contribution is -0.130. The van der Waals surface area contributed by atoms with Crippen LogP contribution in [0.15, 0.2) is 60.7 Å². The summed E-state index contributed by atoms with van der Waals surface area (Å²) in [6.45, 7) is 1.81. The Kier molecular flexibility index (Phi) is 8.26. The number of nitrogens with one attached hydrogen (secondary N) is 3. The van der Waals surface area contributed by atoms with E-state index in [4.69, 9.17) is 4.74 Å². The highest BCUT2D eigenvalue weighted by Crippen LogP contribution is 2.15. The van der Waals surface area contributed by atoms with Gasteiger partial charge in [-0.05, 0) is 30.2 Å². The minimum Gasteiger partial charge on any atom is -0.483 e. The standard InChI is InChI=1S/C21H23N3O4/c1-16-7-5-6-10-18(16)28-15-21(27)24-23-20(26)13-14-22-19(25)12-11-17-8-3-2-4-9-17/h2-12H,13-15H2,1H3,(H,22,25)(H,23,26)(H,24,27)/b12-11+. The highest BCUT2D eigenvalue weighted by atomic mass is 16.5. The third-order valence-corrected chi connectivity index (χ3v) is 3.67. The largest absolute Gasteiger partial charge is 0.483 e. The first-order valence-electron chi connectivity index (χ1n) is 8.81. The molecule has 7 heteroatoms. The van der Waals surface area contributed by atoms with Crippen LogP contribution in [0.2, 0.25) is 0 Å². The van der Waals surface area contributed by atoms with E-state index in [0.29, 0.717) is 5.75 Å². The summed E-state index contributed by atoms with van der Waals surface area (Å²) in [6, 6.07) is 16.7. The number of hydrazine groups is 1. The molecule has 0 aliphatic heterocycles. The van der Waals surface area contributed by atoms with Crippen molar-refractivity contribution in [3.63, 3.8) is 0 Å². The predicted molar refractivity (Wildman–Crippen MR) is 106 cm³/mol. The second-order valence-corrected chi connectivity index (χ2v) is 5.94. The molecule has 146 valence electrons. The number of carbonyl (C=O) groups excluding carboxylic acids is 3. The Labute approximate surface area is 163 Å². The van der Waals surface area contributed by atoms with Gasteiger partial charge >= 0.3 is 0 Å². The zero-order chi connectivity index (χ0) is 20.2. The minimum absolute atomic E-state index is 0.0316. The molecule has 28 heavy (non-hydrogen) atoms. The van der Waals surface area contributed by atoms with Gasteiger partial charge in [0.05, 0.1) is 0 Å². The van der Waals surface area contributed by atoms with Crippen molar-refractivity contribution in [1.29, 1.82) is 0 Å². The Balaban J connectivity index is 1.59. The molecule has 2 aromatic carbocycles. The van der Waals surface area contributed by atoms with Gasteiger partial charge in [-0.2, -0.15) is 0 Å². The molecule has 0 spiro atoms. The van der Waals surface area contributed by atoms with E-state index < -0.39 is 11.8 Å². The van der Waals surface area contributed by atoms with E-state index in [2.05, 4.69) is 16.2 Å². The number of hydrogen-bond donors (Lipinski definition) is 3. The van der Waals surface area contributed by atoms with Gasteiger partial charge in [-0.1, -0.05) is 48.5 Å². The topological polar surface area (TPSA) is 96.5 Å². The molecule has 7 nitrogen and oxygen atoms in total. The molecule has 0 atom stereocenters. The minimum atomic E-state index is -0.480. The summed E-state index contributed by atoms with van der Waals surface area (Å²) in [5, 5.41) is 2.60. The number of benzene rings is 2. The van der Waals surface area contributed by atoms with Crippen LogP contribution in [-0.2, 0) is 14.4 Å². The van der Waals surface area contributed by atoms with Gasteiger partial charge < -0.3 is 10.1 Å². The first-order valence-corrected chi connectivity index (χ1v) is 8.81. The molecule has 0 radical (unpaired) electrons. The van der Waals surface area contributed by atoms with Gasteiger partial charge in [0.1, 0.15) is 5.75 Å². The molecule has 0 saturated carbocycles. The van der Waals surface area contributed by atoms with Crippen molar-refractivity contribution in [2.24, 2.45) is 0 Å². The molecule has 0 heterocycles. The van der Waals surface area contributed by atoms with Crippen molar-refractivity contribution in [1.82, 2.24) is 16.2 Å². The van der Waals surface area contributed by atoms with Crippen molar-refractivity contribution < 1.29 is 19.1 Å². The third kappa shape index (κ3) is 7.74. The molecule has 0 fully saturated rings. The van der Waals surface area contributed by atoms with Crippen molar-refractivity contribution >= 4 is 23.8 Å². The molecule has 0 aliphatic carbocycles. The van der Waals surface area contributed by atoms with E-state index in [1.165, 1.54) is 6.08 Å². The number of amides is 3. The summed E-state index contributed by atoms with van der Waals surface area (Å²) in [5.41, 5.74) is 6.37. The summed E-state index contributed by atoms with van der Waals surface area (Å²) in [7, 11) is 0. The lowest BCUT2D eigenvalue weighted by Crippen LogP contribution is -2.44. The Morgan fingerprint density at radius 2 is 1.61 bits per heavy atom. The third-order valence-electron chi connectivity index (χ3n) is 3.67. The summed E-state index contributed by atoms with van der Waals surface area (Å²) in [6.07, 6.45) is 3.12. The number of para-hydroxylation sites is 1. The van der Waals surface area contributed by atoms with Crippen LogP contribution >= 0.6 is 0 Å². The van der Waals surface area contributed by atoms with Crippen LogP contribution in [-0.4, -0.2) is 30.9 Å². The average Bonchev–Trinajstić information content (AvgIpc) is 2.71. The van der Waals surface area contributed by atoms with E-state index >= 15 is 0 Å². The number of aryl methyl sites for hydroxylation is 1. The van der Waals surface area contributed by atoms with Crippen LogP contribution in [0.5, 0.6) is 5.75 Å². The highest BCUT2D eigenvalue weighted by molar-refractivity contribution is 5.92. The molecule has 0 aliphatic rings. The fourth-order valence-corrected chi connectivity index (χ4v) is 2.19. The maximum Gasteiger partial charge on any atom is 0.276 e. The van der Waals surface area contributed by atoms with E-state index in [0.717, 1.165) is 11.1 Å². The molecule has 0 saturated heterocycles. The Morgan fingerprint density at radius 3 is 2.36 bits per heavy atom. The lowest BCUT2D eigenvalue weighted by Gasteiger charge is -2.10. The first-order chi connectivity index (χ1) is 13.5. The van der Waals surface area contributed by atoms with Crippen molar-refractivity contribution in [2.75, 3.05) is 13.2 Å². The van der Waals surface area contributed by atoms with Crippen molar-refractivity contribution in [3.8, 4) is 5.75 Å². The fourth-order valence-electron chi connectivity index (χ4n) is 2.19. The zero-order valence-electron chi connectivity index (χ0n) is 15.6. The number of hydrogen-bond acceptors (Lipinski definition) is 4. The second-order valence-electron chi connectivity index (χ2n) is 5.94. The second kappa shape index (κ2) is 11.2. The van der Waals surface area contributed by atoms with Gasteiger partial charge in [0.2, 0.25) is 11.8 Å². The molecule has 3 amide bonds. The number of carbonyl (C=O) groups is 3. The highest BCUT2D eigenvalue weighted by Gasteiger charge is 2.07. The van der Waals surface area contributed by atoms with Crippen LogP contribution < -0.4 is 20.9 Å². The van der Waals surface area contributed by atoms with Gasteiger partial charge in [0.15, 0.2) is 6.61 Å². The van der Waals surface area contributed by atoms with Crippen LogP contribution in [0.3, 0.4) is 0 Å². The Morgan fingerprint density at radius 1 is 0.929 bits per heavy atom. The molecule has 0 bridgehead atoms. The predicted octanol–water partition coefficient (Wildman–Crippen LogP) is 1.74. The van der Waals surface area contributed by atoms with Crippen molar-refractivity contribution in [3.05, 3.63) is 71.8 Å². The molecule has 0 aromatic heterocycles. The normalized spacial score (nSPS) is 10.3. The Bertz CT molecular complexity index is 835. The first kappa shape index (κ1) is 20.7. The van der Waals surface area contributed by atoms with Gasteiger partial charge in [-0.25, -0.2) is 0 Å². The van der Waals surface area contributed by atoms with Gasteiger partial charge in [-0.15, -0.1) is 0 Å². The van der Waals surface area contributed by atoms with Crippen LogP contribution in [0.1, 0.15) is 17.5 Å². The molecule has 3 N–H and O–H groups in total. The summed E-state index contributed by atoms with van der Waals surface area (Å²) in [4.78, 5) is 35.1. The summed E-state index contributed by atoms with van der Waals surface area (Å²) < 4.78 is 5.38. The molecular formula is C21H23N3O4. The van der Waals surface area contributed by atoms with E-state index in [1.54, 1.807) is 12.1 Å². The number of rotatable bonds is 8. The van der Waals surface area contributed by atoms with Gasteiger partial charge in [0, 0.05) is 19.0 Å². The van der Waals surface area contributed by atoms with Crippen LogP contribution in [0, 0.1) is 6.92 Å². The maximum atomic E-state index is 11.7. The quantitative estimate of drug-likeness (QED) is 0.479. The molecule has 0 unspecified atom stereocenters. The fraction of sp³-hybridized carbons (Fsp3) is 0.190. The Hall–Kier alpha value is -3.61. The van der Waals surface area contributed by atoms with E-state index in [1.807, 2.05) is 55.5 Å². The van der Waals surface area contributed by atoms with Crippen LogP contribution in [0.25, 0.3) is 6.08 Å². The smallest absolute Gasteiger partial charge is 0.276 e. The lowest BCUT2D eigenvalue weighted by atomic mass is 10.2. The molecule has 2 rings (SSSR count). The summed E-state index contributed by atoms with van der Waals surface area (Å²) >= 11 is 0. The summed E-state index contributed by atoms with van der Waals surface area (Å²) in [5.74, 6) is -0.592. The number of ether oxygens (including phenoxy) is 1. The van der Waals surface area contributed by atoms with Gasteiger partial charge in [-0.3, -0.25) is 25.2 Å². The molecular weight excluding hydrogens is 358 g/mol. The average molecular weight is 381 g/mol. The zero-order valence-corrected chi connectivity index (χ0v) is 15.6. The molecule has 2 aromatic rings. The van der Waals surface area contributed by atoms with Crippen LogP contribution in [0.4, 0.5) is 0 Å². The van der Waals surface area contributed by atoms with E-state index in [-0.39, 0.29) is 25.5 Å². The van der Waals surface area contributed by atoms with Crippen molar-refractivity contribution in [2.45, 2.75) is 13.3 Å². The van der Waals surface area contributed by atoms with Gasteiger partial charge in [0.25, 0.3) is 5.91 Å².